The predicted octanol–water partition coefficient (Wildman–Crippen LogP) is 0.835. The molecule has 0 unspecified atom stereocenters. The molecule has 94 valence electrons. The summed E-state index contributed by atoms with van der Waals surface area (Å²) in [6.45, 7) is 3.74. The topological polar surface area (TPSA) is 76.6 Å². The summed E-state index contributed by atoms with van der Waals surface area (Å²) in [5.74, 6) is -1.01. The lowest BCUT2D eigenvalue weighted by atomic mass is 10.3. The van der Waals surface area contributed by atoms with E-state index in [2.05, 4.69) is 5.10 Å². The van der Waals surface area contributed by atoms with E-state index in [9.17, 15) is 9.59 Å². The average molecular weight is 247 g/mol. The van der Waals surface area contributed by atoms with Crippen LogP contribution in [-0.4, -0.2) is 25.3 Å². The minimum atomic E-state index is -1.01. The largest absolute Gasteiger partial charge is 0.478 e. The van der Waals surface area contributed by atoms with Crippen LogP contribution < -0.4 is 5.56 Å². The minimum Gasteiger partial charge on any atom is -0.478 e. The van der Waals surface area contributed by atoms with Crippen LogP contribution in [0.4, 0.5) is 0 Å². The van der Waals surface area contributed by atoms with Gasteiger partial charge in [0.05, 0.1) is 5.69 Å². The van der Waals surface area contributed by atoms with Gasteiger partial charge >= 0.3 is 5.97 Å². The van der Waals surface area contributed by atoms with Crippen molar-refractivity contribution in [3.63, 3.8) is 0 Å². The number of fused-ring (bicyclic) bond motifs is 1. The van der Waals surface area contributed by atoms with Gasteiger partial charge in [0, 0.05) is 25.0 Å². The molecule has 2 aromatic heterocycles. The molecule has 0 radical (unpaired) electrons. The van der Waals surface area contributed by atoms with Gasteiger partial charge in [0.1, 0.15) is 5.52 Å². The van der Waals surface area contributed by atoms with Crippen LogP contribution in [0.1, 0.15) is 12.6 Å². The highest BCUT2D eigenvalue weighted by Gasteiger charge is 2.06. The Kier molecular flexibility index (Phi) is 3.01. The van der Waals surface area contributed by atoms with Crippen LogP contribution in [0.5, 0.6) is 0 Å². The number of aromatic nitrogens is 3. The van der Waals surface area contributed by atoms with Crippen LogP contribution in [0.2, 0.25) is 0 Å². The van der Waals surface area contributed by atoms with E-state index in [1.165, 1.54) is 9.08 Å². The van der Waals surface area contributed by atoms with Gasteiger partial charge in [0.15, 0.2) is 0 Å². The Morgan fingerprint density at radius 1 is 1.50 bits per heavy atom. The first-order chi connectivity index (χ1) is 8.47. The molecular formula is C12H13N3O3. The number of carbonyl (C=O) groups is 1. The molecule has 0 amide bonds. The summed E-state index contributed by atoms with van der Waals surface area (Å²) in [5, 5.41) is 12.8. The van der Waals surface area contributed by atoms with Gasteiger partial charge in [-0.25, -0.2) is 9.31 Å². The molecule has 6 nitrogen and oxygen atoms in total. The van der Waals surface area contributed by atoms with Gasteiger partial charge in [0.2, 0.25) is 0 Å². The van der Waals surface area contributed by atoms with E-state index in [1.54, 1.807) is 25.4 Å². The highest BCUT2D eigenvalue weighted by atomic mass is 16.4. The number of aliphatic carboxylic acids is 1. The number of carboxylic acids is 1. The van der Waals surface area contributed by atoms with Crippen LogP contribution in [0.3, 0.4) is 0 Å². The second-order valence-corrected chi connectivity index (χ2v) is 4.18. The first-order valence-electron chi connectivity index (χ1n) is 5.43. The zero-order chi connectivity index (χ0) is 13.3. The standard InChI is InChI=1S/C12H13N3O3/c1-8(5-11(16)17)7-14-3-4-15-10(12(14)18)6-9(2)13-15/h3-6H,7H2,1-2H3,(H,16,17)/b8-5-. The molecule has 2 rings (SSSR count). The second-order valence-electron chi connectivity index (χ2n) is 4.18. The lowest BCUT2D eigenvalue weighted by molar-refractivity contribution is -0.131. The predicted molar refractivity (Wildman–Crippen MR) is 65.6 cm³/mol. The minimum absolute atomic E-state index is 0.184. The molecule has 0 aliphatic heterocycles. The molecule has 0 aliphatic carbocycles. The highest BCUT2D eigenvalue weighted by molar-refractivity contribution is 5.80. The van der Waals surface area contributed by atoms with Crippen molar-refractivity contribution in [2.45, 2.75) is 20.4 Å². The van der Waals surface area contributed by atoms with Crippen LogP contribution in [-0.2, 0) is 11.3 Å². The lowest BCUT2D eigenvalue weighted by Gasteiger charge is -2.05. The summed E-state index contributed by atoms with van der Waals surface area (Å²) in [4.78, 5) is 22.6. The van der Waals surface area contributed by atoms with Gasteiger partial charge in [0.25, 0.3) is 5.56 Å². The normalized spacial score (nSPS) is 12.0. The smallest absolute Gasteiger partial charge is 0.328 e. The average Bonchev–Trinajstić information content (AvgIpc) is 2.63. The third-order valence-electron chi connectivity index (χ3n) is 2.52. The molecule has 0 fully saturated rings. The third-order valence-corrected chi connectivity index (χ3v) is 2.52. The van der Waals surface area contributed by atoms with Crippen LogP contribution in [0.15, 0.2) is 34.9 Å². The molecular weight excluding hydrogens is 234 g/mol. The number of aryl methyl sites for hydroxylation is 1. The van der Waals surface area contributed by atoms with Crippen LogP contribution >= 0.6 is 0 Å². The van der Waals surface area contributed by atoms with E-state index in [0.29, 0.717) is 11.1 Å². The first-order valence-corrected chi connectivity index (χ1v) is 5.43. The number of allylic oxidation sites excluding steroid dienone is 1. The molecule has 0 saturated carbocycles. The SMILES string of the molecule is C/C(=C/C(=O)O)Cn1ccn2nc(C)cc2c1=O. The Morgan fingerprint density at radius 2 is 2.22 bits per heavy atom. The molecule has 2 aromatic rings. The van der Waals surface area contributed by atoms with E-state index >= 15 is 0 Å². The van der Waals surface area contributed by atoms with E-state index in [-0.39, 0.29) is 12.1 Å². The molecule has 1 N–H and O–H groups in total. The number of hydrogen-bond donors (Lipinski definition) is 1. The van der Waals surface area contributed by atoms with Crippen molar-refractivity contribution in [3.8, 4) is 0 Å². The number of hydrogen-bond acceptors (Lipinski definition) is 3. The van der Waals surface area contributed by atoms with Crippen molar-refractivity contribution in [1.82, 2.24) is 14.2 Å². The summed E-state index contributed by atoms with van der Waals surface area (Å²) in [6.07, 6.45) is 4.37. The zero-order valence-electron chi connectivity index (χ0n) is 10.1. The maximum Gasteiger partial charge on any atom is 0.328 e. The Hall–Kier alpha value is -2.37. The third kappa shape index (κ3) is 2.32. The lowest BCUT2D eigenvalue weighted by Crippen LogP contribution is -2.22. The zero-order valence-corrected chi connectivity index (χ0v) is 10.1. The van der Waals surface area contributed by atoms with Gasteiger partial charge in [-0.1, -0.05) is 0 Å². The number of nitrogens with zero attached hydrogens (tertiary/aromatic N) is 3. The molecule has 0 bridgehead atoms. The van der Waals surface area contributed by atoms with Crippen molar-refractivity contribution in [3.05, 3.63) is 46.2 Å². The van der Waals surface area contributed by atoms with Crippen molar-refractivity contribution >= 4 is 11.5 Å². The first kappa shape index (κ1) is 12.1. The summed E-state index contributed by atoms with van der Waals surface area (Å²) < 4.78 is 2.98. The van der Waals surface area contributed by atoms with E-state index in [0.717, 1.165) is 11.8 Å². The maximum atomic E-state index is 12.1. The monoisotopic (exact) mass is 247 g/mol. The number of rotatable bonds is 3. The summed E-state index contributed by atoms with van der Waals surface area (Å²) >= 11 is 0. The molecule has 0 atom stereocenters. The van der Waals surface area contributed by atoms with Gasteiger partial charge in [-0.15, -0.1) is 0 Å². The molecule has 2 heterocycles. The highest BCUT2D eigenvalue weighted by Crippen LogP contribution is 2.02. The van der Waals surface area contributed by atoms with Gasteiger partial charge in [-0.05, 0) is 25.5 Å². The Labute approximate surface area is 103 Å². The van der Waals surface area contributed by atoms with Crippen LogP contribution in [0, 0.1) is 6.92 Å². The quantitative estimate of drug-likeness (QED) is 0.815. The second kappa shape index (κ2) is 4.48. The van der Waals surface area contributed by atoms with Gasteiger partial charge < -0.3 is 9.67 Å². The number of carboxylic acid groups (broad SMARTS) is 1. The molecule has 0 aromatic carbocycles. The van der Waals surface area contributed by atoms with Gasteiger partial charge in [-0.2, -0.15) is 5.10 Å². The van der Waals surface area contributed by atoms with Gasteiger partial charge in [-0.3, -0.25) is 4.79 Å². The maximum absolute atomic E-state index is 12.1. The summed E-state index contributed by atoms with van der Waals surface area (Å²) in [5.41, 5.74) is 1.67. The van der Waals surface area contributed by atoms with Crippen molar-refractivity contribution in [2.75, 3.05) is 0 Å². The Morgan fingerprint density at radius 3 is 2.89 bits per heavy atom. The Balaban J connectivity index is 2.44. The molecule has 0 spiro atoms. The summed E-state index contributed by atoms with van der Waals surface area (Å²) in [7, 11) is 0. The van der Waals surface area contributed by atoms with Crippen LogP contribution in [0.25, 0.3) is 5.52 Å². The molecule has 0 aliphatic rings. The van der Waals surface area contributed by atoms with E-state index in [1.807, 2.05) is 6.92 Å². The molecule has 6 heteroatoms. The Bertz CT molecular complexity index is 694. The molecule has 0 saturated heterocycles. The fourth-order valence-electron chi connectivity index (χ4n) is 1.80. The van der Waals surface area contributed by atoms with E-state index < -0.39 is 5.97 Å². The van der Waals surface area contributed by atoms with Crippen molar-refractivity contribution in [1.29, 1.82) is 0 Å². The fourth-order valence-corrected chi connectivity index (χ4v) is 1.80. The van der Waals surface area contributed by atoms with Crippen molar-refractivity contribution < 1.29 is 9.90 Å². The van der Waals surface area contributed by atoms with E-state index in [4.69, 9.17) is 5.11 Å². The van der Waals surface area contributed by atoms with Crippen molar-refractivity contribution in [2.24, 2.45) is 0 Å². The molecule has 18 heavy (non-hydrogen) atoms. The fraction of sp³-hybridized carbons (Fsp3) is 0.250. The summed E-state index contributed by atoms with van der Waals surface area (Å²) in [6, 6.07) is 1.70.